The lowest BCUT2D eigenvalue weighted by Gasteiger charge is -2.21. The smallest absolute Gasteiger partial charge is 0.250 e. The summed E-state index contributed by atoms with van der Waals surface area (Å²) in [5, 5.41) is 1.46. The Morgan fingerprint density at radius 3 is 2.83 bits per heavy atom. The van der Waals surface area contributed by atoms with Crippen molar-refractivity contribution in [2.75, 3.05) is 13.2 Å². The van der Waals surface area contributed by atoms with Crippen LogP contribution in [0.3, 0.4) is 0 Å². The molecule has 0 aliphatic carbocycles. The highest BCUT2D eigenvalue weighted by Gasteiger charge is 2.15. The van der Waals surface area contributed by atoms with Gasteiger partial charge < -0.3 is 0 Å². The number of hydrogen-bond acceptors (Lipinski definition) is 3. The van der Waals surface area contributed by atoms with Crippen LogP contribution < -0.4 is 0 Å². The molecule has 0 N–H and O–H groups in total. The van der Waals surface area contributed by atoms with Crippen LogP contribution in [-0.2, 0) is 16.1 Å². The van der Waals surface area contributed by atoms with Gasteiger partial charge in [-0.15, -0.1) is 0 Å². The molecule has 18 heavy (non-hydrogen) atoms. The Balaban J connectivity index is 2.63. The Kier molecular flexibility index (Phi) is 6.90. The fourth-order valence-corrected chi connectivity index (χ4v) is 1.86. The minimum atomic E-state index is -0.0287. The number of aromatic nitrogens is 1. The largest absolute Gasteiger partial charge is 0.272 e. The zero-order valence-corrected chi connectivity index (χ0v) is 12.4. The van der Waals surface area contributed by atoms with E-state index in [1.54, 1.807) is 6.20 Å². The predicted octanol–water partition coefficient (Wildman–Crippen LogP) is 2.97. The maximum atomic E-state index is 12.1. The van der Waals surface area contributed by atoms with E-state index >= 15 is 0 Å². The molecule has 0 aliphatic rings. The van der Waals surface area contributed by atoms with Gasteiger partial charge in [-0.05, 0) is 40.4 Å². The van der Waals surface area contributed by atoms with Crippen LogP contribution in [0.1, 0.15) is 32.3 Å². The molecule has 0 bridgehead atoms. The average molecular weight is 315 g/mol. The molecular weight excluding hydrogens is 296 g/mol. The Hall–Kier alpha value is -0.940. The van der Waals surface area contributed by atoms with Crippen LogP contribution >= 0.6 is 15.9 Å². The molecule has 0 unspecified atom stereocenters. The Morgan fingerprint density at radius 2 is 2.22 bits per heavy atom. The quantitative estimate of drug-likeness (QED) is 0.574. The van der Waals surface area contributed by atoms with Crippen LogP contribution in [0.25, 0.3) is 0 Å². The van der Waals surface area contributed by atoms with Gasteiger partial charge in [0.2, 0.25) is 0 Å². The number of amides is 1. The number of carbonyl (C=O) groups is 1. The van der Waals surface area contributed by atoms with E-state index in [1.807, 2.05) is 26.0 Å². The molecule has 1 aromatic rings. The first-order valence-corrected chi connectivity index (χ1v) is 7.01. The molecule has 0 saturated heterocycles. The van der Waals surface area contributed by atoms with Crippen molar-refractivity contribution >= 4 is 21.8 Å². The van der Waals surface area contributed by atoms with Crippen LogP contribution in [-0.4, -0.2) is 29.1 Å². The number of rotatable bonds is 7. The molecule has 100 valence electrons. The Labute approximate surface area is 116 Å². The van der Waals surface area contributed by atoms with Crippen molar-refractivity contribution in [3.63, 3.8) is 0 Å². The van der Waals surface area contributed by atoms with Gasteiger partial charge in [0.05, 0.1) is 13.0 Å². The minimum absolute atomic E-state index is 0.0287. The molecule has 1 rings (SSSR count). The summed E-state index contributed by atoms with van der Waals surface area (Å²) >= 11 is 3.34. The van der Waals surface area contributed by atoms with Crippen molar-refractivity contribution in [3.05, 3.63) is 28.5 Å². The van der Waals surface area contributed by atoms with E-state index in [2.05, 4.69) is 20.9 Å². The number of hydroxylamine groups is 2. The SMILES string of the molecule is CCCON(CCC)C(=O)Cc1cccnc1Br. The first kappa shape index (κ1) is 15.1. The maximum absolute atomic E-state index is 12.1. The van der Waals surface area contributed by atoms with Gasteiger partial charge >= 0.3 is 0 Å². The number of pyridine rings is 1. The average Bonchev–Trinajstić information content (AvgIpc) is 2.37. The summed E-state index contributed by atoms with van der Waals surface area (Å²) in [5.74, 6) is -0.0287. The van der Waals surface area contributed by atoms with Gasteiger partial charge in [0.15, 0.2) is 0 Å². The van der Waals surface area contributed by atoms with Crippen LogP contribution in [0.4, 0.5) is 0 Å². The molecule has 0 atom stereocenters. The molecule has 0 saturated carbocycles. The van der Waals surface area contributed by atoms with Gasteiger partial charge in [-0.2, -0.15) is 0 Å². The summed E-state index contributed by atoms with van der Waals surface area (Å²) in [6.07, 6.45) is 3.77. The second-order valence-corrected chi connectivity index (χ2v) is 4.71. The highest BCUT2D eigenvalue weighted by Crippen LogP contribution is 2.14. The van der Waals surface area contributed by atoms with E-state index < -0.39 is 0 Å². The fourth-order valence-electron chi connectivity index (χ4n) is 1.47. The lowest BCUT2D eigenvalue weighted by Crippen LogP contribution is -2.33. The summed E-state index contributed by atoms with van der Waals surface area (Å²) < 4.78 is 0.713. The highest BCUT2D eigenvalue weighted by atomic mass is 79.9. The van der Waals surface area contributed by atoms with E-state index in [1.165, 1.54) is 5.06 Å². The number of halogens is 1. The van der Waals surface area contributed by atoms with Crippen LogP contribution in [0, 0.1) is 0 Å². The summed E-state index contributed by atoms with van der Waals surface area (Å²) in [6.45, 7) is 5.23. The third-order valence-corrected chi connectivity index (χ3v) is 3.05. The van der Waals surface area contributed by atoms with Crippen LogP contribution in [0.5, 0.6) is 0 Å². The first-order valence-electron chi connectivity index (χ1n) is 6.21. The minimum Gasteiger partial charge on any atom is -0.272 e. The summed E-state index contributed by atoms with van der Waals surface area (Å²) in [6, 6.07) is 3.71. The number of carbonyl (C=O) groups excluding carboxylic acids is 1. The zero-order valence-electron chi connectivity index (χ0n) is 10.9. The molecule has 1 heterocycles. The monoisotopic (exact) mass is 314 g/mol. The summed E-state index contributed by atoms with van der Waals surface area (Å²) in [7, 11) is 0. The molecule has 5 heteroatoms. The lowest BCUT2D eigenvalue weighted by atomic mass is 10.2. The summed E-state index contributed by atoms with van der Waals surface area (Å²) in [5.41, 5.74) is 0.878. The molecule has 4 nitrogen and oxygen atoms in total. The van der Waals surface area contributed by atoms with Crippen molar-refractivity contribution in [2.45, 2.75) is 33.1 Å². The van der Waals surface area contributed by atoms with Crippen molar-refractivity contribution in [2.24, 2.45) is 0 Å². The maximum Gasteiger partial charge on any atom is 0.250 e. The normalized spacial score (nSPS) is 10.4. The second kappa shape index (κ2) is 8.21. The third-order valence-electron chi connectivity index (χ3n) is 2.33. The number of nitrogens with zero attached hydrogens (tertiary/aromatic N) is 2. The second-order valence-electron chi connectivity index (χ2n) is 3.96. The zero-order chi connectivity index (χ0) is 13.4. The fraction of sp³-hybridized carbons (Fsp3) is 0.538. The van der Waals surface area contributed by atoms with E-state index in [4.69, 9.17) is 4.84 Å². The van der Waals surface area contributed by atoms with Gasteiger partial charge in [-0.1, -0.05) is 19.9 Å². The molecule has 1 aromatic heterocycles. The standard InChI is InChI=1S/C13H19BrN2O2/c1-3-8-16(18-9-4-2)12(17)10-11-6-5-7-15-13(11)14/h5-7H,3-4,8-10H2,1-2H3. The molecule has 0 fully saturated rings. The molecule has 0 aromatic carbocycles. The van der Waals surface area contributed by atoms with E-state index in [0.717, 1.165) is 18.4 Å². The van der Waals surface area contributed by atoms with Gasteiger partial charge in [-0.25, -0.2) is 10.0 Å². The summed E-state index contributed by atoms with van der Waals surface area (Å²) in [4.78, 5) is 21.7. The molecular formula is C13H19BrN2O2. The predicted molar refractivity (Wildman–Crippen MR) is 73.9 cm³/mol. The molecule has 0 aliphatic heterocycles. The van der Waals surface area contributed by atoms with Crippen molar-refractivity contribution in [1.82, 2.24) is 10.0 Å². The van der Waals surface area contributed by atoms with Gasteiger partial charge in [0, 0.05) is 12.7 Å². The van der Waals surface area contributed by atoms with Gasteiger partial charge in [-0.3, -0.25) is 9.63 Å². The lowest BCUT2D eigenvalue weighted by molar-refractivity contribution is -0.186. The van der Waals surface area contributed by atoms with Crippen LogP contribution in [0.15, 0.2) is 22.9 Å². The number of hydrogen-bond donors (Lipinski definition) is 0. The third kappa shape index (κ3) is 4.74. The Bertz CT molecular complexity index is 385. The van der Waals surface area contributed by atoms with Crippen molar-refractivity contribution in [3.8, 4) is 0 Å². The van der Waals surface area contributed by atoms with Crippen molar-refractivity contribution in [1.29, 1.82) is 0 Å². The van der Waals surface area contributed by atoms with Crippen molar-refractivity contribution < 1.29 is 9.63 Å². The van der Waals surface area contributed by atoms with Crippen LogP contribution in [0.2, 0.25) is 0 Å². The topological polar surface area (TPSA) is 42.4 Å². The van der Waals surface area contributed by atoms with E-state index in [0.29, 0.717) is 24.2 Å². The van der Waals surface area contributed by atoms with E-state index in [-0.39, 0.29) is 5.91 Å². The highest BCUT2D eigenvalue weighted by molar-refractivity contribution is 9.10. The molecule has 0 radical (unpaired) electrons. The molecule has 1 amide bonds. The molecule has 0 spiro atoms. The first-order chi connectivity index (χ1) is 8.69. The van der Waals surface area contributed by atoms with Gasteiger partial charge in [0.1, 0.15) is 4.60 Å². The van der Waals surface area contributed by atoms with Gasteiger partial charge in [0.25, 0.3) is 5.91 Å². The van der Waals surface area contributed by atoms with E-state index in [9.17, 15) is 4.79 Å². The Morgan fingerprint density at radius 1 is 1.44 bits per heavy atom.